The quantitative estimate of drug-likeness (QED) is 0.928. The molecule has 2 aromatic rings. The number of amides is 2. The highest BCUT2D eigenvalue weighted by Gasteiger charge is 2.23. The van der Waals surface area contributed by atoms with E-state index >= 15 is 0 Å². The number of carbonyl (C=O) groups excluding carboxylic acids is 1. The summed E-state index contributed by atoms with van der Waals surface area (Å²) in [4.78, 5) is 19.6. The first-order valence-corrected chi connectivity index (χ1v) is 9.13. The molecule has 22 heavy (non-hydrogen) atoms. The molecule has 1 unspecified atom stereocenters. The van der Waals surface area contributed by atoms with E-state index in [4.69, 9.17) is 0 Å². The van der Waals surface area contributed by atoms with Crippen LogP contribution in [0.2, 0.25) is 0 Å². The van der Waals surface area contributed by atoms with E-state index < -0.39 is 0 Å². The van der Waals surface area contributed by atoms with Gasteiger partial charge in [-0.15, -0.1) is 23.1 Å². The number of nitrogens with zero attached hydrogens (tertiary/aromatic N) is 2. The van der Waals surface area contributed by atoms with Crippen LogP contribution in [0.3, 0.4) is 0 Å². The van der Waals surface area contributed by atoms with Crippen molar-refractivity contribution >= 4 is 29.1 Å². The average molecular weight is 333 g/mol. The maximum atomic E-state index is 12.4. The minimum absolute atomic E-state index is 0.0421. The molecule has 0 radical (unpaired) electrons. The molecule has 3 rings (SSSR count). The SMILES string of the molecule is Cc1ccc2c(c1)C(NC(=O)N(C)Cc1nccs1)CCS2. The fraction of sp³-hybridized carbons (Fsp3) is 0.375. The molecule has 4 nitrogen and oxygen atoms in total. The Labute approximate surface area is 138 Å². The monoisotopic (exact) mass is 333 g/mol. The molecule has 1 N–H and O–H groups in total. The van der Waals surface area contributed by atoms with E-state index in [-0.39, 0.29) is 12.1 Å². The van der Waals surface area contributed by atoms with Gasteiger partial charge < -0.3 is 10.2 Å². The number of urea groups is 1. The van der Waals surface area contributed by atoms with Crippen LogP contribution in [0.15, 0.2) is 34.7 Å². The van der Waals surface area contributed by atoms with Crippen LogP contribution in [0.1, 0.15) is 28.6 Å². The molecular formula is C16H19N3OS2. The predicted molar refractivity (Wildman–Crippen MR) is 91.4 cm³/mol. The number of nitrogens with one attached hydrogen (secondary N) is 1. The van der Waals surface area contributed by atoms with Crippen molar-refractivity contribution in [3.63, 3.8) is 0 Å². The Balaban J connectivity index is 1.68. The lowest BCUT2D eigenvalue weighted by molar-refractivity contribution is 0.202. The Morgan fingerprint density at radius 2 is 2.36 bits per heavy atom. The lowest BCUT2D eigenvalue weighted by Crippen LogP contribution is -2.39. The molecular weight excluding hydrogens is 314 g/mol. The van der Waals surface area contributed by atoms with E-state index in [0.29, 0.717) is 6.54 Å². The van der Waals surface area contributed by atoms with Crippen molar-refractivity contribution in [1.82, 2.24) is 15.2 Å². The van der Waals surface area contributed by atoms with Crippen molar-refractivity contribution < 1.29 is 4.79 Å². The normalized spacial score (nSPS) is 16.9. The molecule has 6 heteroatoms. The molecule has 2 heterocycles. The molecule has 0 aliphatic carbocycles. The second-order valence-electron chi connectivity index (χ2n) is 5.46. The highest BCUT2D eigenvalue weighted by atomic mass is 32.2. The molecule has 1 aliphatic heterocycles. The highest BCUT2D eigenvalue weighted by molar-refractivity contribution is 7.99. The zero-order chi connectivity index (χ0) is 15.5. The van der Waals surface area contributed by atoms with Gasteiger partial charge in [0.25, 0.3) is 0 Å². The van der Waals surface area contributed by atoms with Crippen molar-refractivity contribution in [2.75, 3.05) is 12.8 Å². The topological polar surface area (TPSA) is 45.2 Å². The summed E-state index contributed by atoms with van der Waals surface area (Å²) in [6.45, 7) is 2.64. The minimum Gasteiger partial charge on any atom is -0.331 e. The van der Waals surface area contributed by atoms with Crippen LogP contribution >= 0.6 is 23.1 Å². The molecule has 0 spiro atoms. The lowest BCUT2D eigenvalue weighted by atomic mass is 10.0. The first kappa shape index (κ1) is 15.4. The number of aromatic nitrogens is 1. The zero-order valence-corrected chi connectivity index (χ0v) is 14.3. The number of hydrogen-bond acceptors (Lipinski definition) is 4. The lowest BCUT2D eigenvalue weighted by Gasteiger charge is -2.28. The Bertz CT molecular complexity index is 657. The highest BCUT2D eigenvalue weighted by Crippen LogP contribution is 2.36. The number of aryl methyl sites for hydroxylation is 1. The number of fused-ring (bicyclic) bond motifs is 1. The summed E-state index contributed by atoms with van der Waals surface area (Å²) in [5.41, 5.74) is 2.48. The third-order valence-corrected chi connectivity index (χ3v) is 5.59. The van der Waals surface area contributed by atoms with Gasteiger partial charge in [0, 0.05) is 29.3 Å². The summed E-state index contributed by atoms with van der Waals surface area (Å²) in [6, 6.07) is 6.53. The number of carbonyl (C=O) groups is 1. The third kappa shape index (κ3) is 3.44. The zero-order valence-electron chi connectivity index (χ0n) is 12.7. The van der Waals surface area contributed by atoms with Crippen LogP contribution in [0.4, 0.5) is 4.79 Å². The minimum atomic E-state index is -0.0421. The van der Waals surface area contributed by atoms with Gasteiger partial charge in [0.05, 0.1) is 12.6 Å². The molecule has 0 saturated carbocycles. The Kier molecular flexibility index (Phi) is 4.69. The Morgan fingerprint density at radius 1 is 1.50 bits per heavy atom. The second-order valence-corrected chi connectivity index (χ2v) is 7.58. The van der Waals surface area contributed by atoms with Crippen LogP contribution in [0.5, 0.6) is 0 Å². The van der Waals surface area contributed by atoms with Crippen molar-refractivity contribution in [3.8, 4) is 0 Å². The number of benzene rings is 1. The number of thiazole rings is 1. The molecule has 0 saturated heterocycles. The smallest absolute Gasteiger partial charge is 0.318 e. The summed E-state index contributed by atoms with van der Waals surface area (Å²) in [5.74, 6) is 1.04. The second kappa shape index (κ2) is 6.71. The molecule has 1 aromatic heterocycles. The first-order valence-electron chi connectivity index (χ1n) is 7.27. The van der Waals surface area contributed by atoms with E-state index in [1.807, 2.05) is 24.2 Å². The first-order chi connectivity index (χ1) is 10.6. The molecule has 1 aliphatic rings. The summed E-state index contributed by atoms with van der Waals surface area (Å²) < 4.78 is 0. The van der Waals surface area contributed by atoms with Gasteiger partial charge in [-0.25, -0.2) is 9.78 Å². The van der Waals surface area contributed by atoms with Crippen molar-refractivity contribution in [2.24, 2.45) is 0 Å². The molecule has 1 aromatic carbocycles. The average Bonchev–Trinajstić information content (AvgIpc) is 3.00. The van der Waals surface area contributed by atoms with Gasteiger partial charge in [0.2, 0.25) is 0 Å². The van der Waals surface area contributed by atoms with E-state index in [1.54, 1.807) is 22.4 Å². The molecule has 0 bridgehead atoms. The fourth-order valence-electron chi connectivity index (χ4n) is 2.53. The summed E-state index contributed by atoms with van der Waals surface area (Å²) >= 11 is 3.44. The van der Waals surface area contributed by atoms with Gasteiger partial charge in [-0.1, -0.05) is 17.7 Å². The fourth-order valence-corrected chi connectivity index (χ4v) is 4.30. The van der Waals surface area contributed by atoms with Crippen LogP contribution < -0.4 is 5.32 Å². The van der Waals surface area contributed by atoms with Crippen molar-refractivity contribution in [3.05, 3.63) is 45.9 Å². The maximum Gasteiger partial charge on any atom is 0.318 e. The van der Waals surface area contributed by atoms with Gasteiger partial charge in [0.1, 0.15) is 5.01 Å². The van der Waals surface area contributed by atoms with Gasteiger partial charge in [-0.3, -0.25) is 0 Å². The largest absolute Gasteiger partial charge is 0.331 e. The Morgan fingerprint density at radius 3 is 3.14 bits per heavy atom. The molecule has 2 amide bonds. The standard InChI is InChI=1S/C16H19N3OS2/c1-11-3-4-14-12(9-11)13(5-7-21-14)18-16(20)19(2)10-15-17-6-8-22-15/h3-4,6,8-9,13H,5,7,10H2,1-2H3,(H,18,20). The van der Waals surface area contributed by atoms with Crippen molar-refractivity contribution in [1.29, 1.82) is 0 Å². The summed E-state index contributed by atoms with van der Waals surface area (Å²) in [7, 11) is 1.81. The van der Waals surface area contributed by atoms with E-state index in [9.17, 15) is 4.79 Å². The maximum absolute atomic E-state index is 12.4. The summed E-state index contributed by atoms with van der Waals surface area (Å²) in [6.07, 6.45) is 2.74. The van der Waals surface area contributed by atoms with Crippen LogP contribution in [0, 0.1) is 6.92 Å². The number of thioether (sulfide) groups is 1. The summed E-state index contributed by atoms with van der Waals surface area (Å²) in [5, 5.41) is 6.05. The predicted octanol–water partition coefficient (Wildman–Crippen LogP) is 3.83. The number of rotatable bonds is 3. The van der Waals surface area contributed by atoms with Gasteiger partial charge in [-0.2, -0.15) is 0 Å². The van der Waals surface area contributed by atoms with Crippen LogP contribution in [-0.4, -0.2) is 28.7 Å². The molecule has 0 fully saturated rings. The molecule has 1 atom stereocenters. The van der Waals surface area contributed by atoms with Crippen LogP contribution in [0.25, 0.3) is 0 Å². The van der Waals surface area contributed by atoms with Gasteiger partial charge in [-0.05, 0) is 25.0 Å². The van der Waals surface area contributed by atoms with E-state index in [0.717, 1.165) is 17.2 Å². The molecule has 116 valence electrons. The van der Waals surface area contributed by atoms with E-state index in [1.165, 1.54) is 16.0 Å². The van der Waals surface area contributed by atoms with Gasteiger partial charge in [0.15, 0.2) is 0 Å². The van der Waals surface area contributed by atoms with E-state index in [2.05, 4.69) is 35.4 Å². The number of hydrogen-bond donors (Lipinski definition) is 1. The van der Waals surface area contributed by atoms with Crippen LogP contribution in [-0.2, 0) is 6.54 Å². The Hall–Kier alpha value is -1.53. The van der Waals surface area contributed by atoms with Crippen molar-refractivity contribution in [2.45, 2.75) is 30.8 Å². The third-order valence-electron chi connectivity index (χ3n) is 3.71. The van der Waals surface area contributed by atoms with Gasteiger partial charge >= 0.3 is 6.03 Å².